The number of aryl methyl sites for hydroxylation is 1. The lowest BCUT2D eigenvalue weighted by Gasteiger charge is -2.29. The van der Waals surface area contributed by atoms with Gasteiger partial charge in [-0.1, -0.05) is 12.1 Å². The minimum Gasteiger partial charge on any atom is -0.318 e. The number of nitrogens with zero attached hydrogens (tertiary/aromatic N) is 1. The molecule has 2 aromatic rings. The van der Waals surface area contributed by atoms with Crippen molar-refractivity contribution < 1.29 is 18.8 Å². The van der Waals surface area contributed by atoms with E-state index in [1.165, 1.54) is 25.1 Å². The SMILES string of the molecule is CC(=O)N1CCCc2ccc(NC(=O)C(=O)Nc3cccc(F)c3)cc21. The van der Waals surface area contributed by atoms with Gasteiger partial charge in [-0.05, 0) is 48.7 Å². The zero-order valence-corrected chi connectivity index (χ0v) is 14.2. The van der Waals surface area contributed by atoms with E-state index in [9.17, 15) is 18.8 Å². The first kappa shape index (κ1) is 17.6. The fraction of sp³-hybridized carbons (Fsp3) is 0.211. The van der Waals surface area contributed by atoms with E-state index in [1.807, 2.05) is 6.07 Å². The van der Waals surface area contributed by atoms with Crippen LogP contribution < -0.4 is 15.5 Å². The molecular formula is C19H18FN3O3. The van der Waals surface area contributed by atoms with Crippen molar-refractivity contribution in [3.63, 3.8) is 0 Å². The molecule has 0 radical (unpaired) electrons. The molecule has 0 spiro atoms. The molecule has 2 N–H and O–H groups in total. The molecule has 7 heteroatoms. The molecule has 0 fully saturated rings. The van der Waals surface area contributed by atoms with Crippen molar-refractivity contribution in [2.24, 2.45) is 0 Å². The van der Waals surface area contributed by atoms with Gasteiger partial charge in [0.1, 0.15) is 5.82 Å². The summed E-state index contributed by atoms with van der Waals surface area (Å²) in [5, 5.41) is 4.84. The first-order chi connectivity index (χ1) is 12.4. The average molecular weight is 355 g/mol. The molecule has 0 unspecified atom stereocenters. The topological polar surface area (TPSA) is 78.5 Å². The van der Waals surface area contributed by atoms with Gasteiger partial charge in [0.2, 0.25) is 5.91 Å². The molecule has 1 heterocycles. The Hall–Kier alpha value is -3.22. The van der Waals surface area contributed by atoms with Crippen LogP contribution in [0.25, 0.3) is 0 Å². The minimum atomic E-state index is -0.906. The fourth-order valence-corrected chi connectivity index (χ4v) is 2.92. The van der Waals surface area contributed by atoms with E-state index < -0.39 is 17.6 Å². The number of hydrogen-bond donors (Lipinski definition) is 2. The van der Waals surface area contributed by atoms with Gasteiger partial charge in [0, 0.05) is 30.5 Å². The molecule has 0 saturated heterocycles. The third-order valence-corrected chi connectivity index (χ3v) is 4.13. The number of carbonyl (C=O) groups is 3. The third-order valence-electron chi connectivity index (χ3n) is 4.13. The highest BCUT2D eigenvalue weighted by molar-refractivity contribution is 6.43. The predicted octanol–water partition coefficient (Wildman–Crippen LogP) is 2.70. The summed E-state index contributed by atoms with van der Waals surface area (Å²) in [6, 6.07) is 10.5. The molecule has 134 valence electrons. The lowest BCUT2D eigenvalue weighted by atomic mass is 10.0. The monoisotopic (exact) mass is 355 g/mol. The summed E-state index contributed by atoms with van der Waals surface area (Å²) in [4.78, 5) is 37.5. The minimum absolute atomic E-state index is 0.0710. The maximum absolute atomic E-state index is 13.1. The Morgan fingerprint density at radius 3 is 2.35 bits per heavy atom. The van der Waals surface area contributed by atoms with Crippen LogP contribution in [0.2, 0.25) is 0 Å². The van der Waals surface area contributed by atoms with E-state index in [2.05, 4.69) is 10.6 Å². The second-order valence-corrected chi connectivity index (χ2v) is 6.04. The molecule has 0 saturated carbocycles. The Morgan fingerprint density at radius 1 is 1.00 bits per heavy atom. The van der Waals surface area contributed by atoms with E-state index in [-0.39, 0.29) is 11.6 Å². The first-order valence-electron chi connectivity index (χ1n) is 8.23. The number of halogens is 1. The zero-order valence-electron chi connectivity index (χ0n) is 14.2. The van der Waals surface area contributed by atoms with E-state index in [0.29, 0.717) is 12.2 Å². The zero-order chi connectivity index (χ0) is 18.7. The summed E-state index contributed by atoms with van der Waals surface area (Å²) < 4.78 is 13.1. The largest absolute Gasteiger partial charge is 0.318 e. The molecular weight excluding hydrogens is 337 g/mol. The number of benzene rings is 2. The Balaban J connectivity index is 1.72. The summed E-state index contributed by atoms with van der Waals surface area (Å²) in [5.41, 5.74) is 2.37. The molecule has 0 bridgehead atoms. The predicted molar refractivity (Wildman–Crippen MR) is 96.4 cm³/mol. The van der Waals surface area contributed by atoms with Gasteiger partial charge in [-0.2, -0.15) is 0 Å². The molecule has 0 aromatic heterocycles. The van der Waals surface area contributed by atoms with Crippen LogP contribution in [0.4, 0.5) is 21.5 Å². The molecule has 1 aliphatic rings. The molecule has 3 rings (SSSR count). The van der Waals surface area contributed by atoms with Gasteiger partial charge in [0.25, 0.3) is 0 Å². The van der Waals surface area contributed by atoms with Gasteiger partial charge >= 0.3 is 11.8 Å². The van der Waals surface area contributed by atoms with Crippen molar-refractivity contribution >= 4 is 34.8 Å². The van der Waals surface area contributed by atoms with Crippen molar-refractivity contribution in [3.8, 4) is 0 Å². The van der Waals surface area contributed by atoms with Crippen LogP contribution in [0.15, 0.2) is 42.5 Å². The van der Waals surface area contributed by atoms with E-state index in [4.69, 9.17) is 0 Å². The number of hydrogen-bond acceptors (Lipinski definition) is 3. The first-order valence-corrected chi connectivity index (χ1v) is 8.23. The van der Waals surface area contributed by atoms with Crippen LogP contribution in [0.5, 0.6) is 0 Å². The van der Waals surface area contributed by atoms with Crippen LogP contribution >= 0.6 is 0 Å². The lowest BCUT2D eigenvalue weighted by Crippen LogP contribution is -2.34. The van der Waals surface area contributed by atoms with Crippen LogP contribution in [0.1, 0.15) is 18.9 Å². The standard InChI is InChI=1S/C19H18FN3O3/c1-12(24)23-9-3-4-13-7-8-16(11-17(13)23)22-19(26)18(25)21-15-6-2-5-14(20)10-15/h2,5-8,10-11H,3-4,9H2,1H3,(H,21,25)(H,22,26). The normalized spacial score (nSPS) is 12.9. The van der Waals surface area contributed by atoms with E-state index >= 15 is 0 Å². The van der Waals surface area contributed by atoms with E-state index in [0.717, 1.165) is 30.2 Å². The second kappa shape index (κ2) is 7.35. The number of amides is 3. The number of rotatable bonds is 2. The maximum Gasteiger partial charge on any atom is 0.314 e. The fourth-order valence-electron chi connectivity index (χ4n) is 2.92. The molecule has 2 aromatic carbocycles. The highest BCUT2D eigenvalue weighted by atomic mass is 19.1. The van der Waals surface area contributed by atoms with Crippen molar-refractivity contribution in [3.05, 3.63) is 53.8 Å². The lowest BCUT2D eigenvalue weighted by molar-refractivity contribution is -0.133. The number of carbonyl (C=O) groups excluding carboxylic acids is 3. The quantitative estimate of drug-likeness (QED) is 0.813. The summed E-state index contributed by atoms with van der Waals surface area (Å²) in [6.45, 7) is 2.12. The van der Waals surface area contributed by atoms with Crippen molar-refractivity contribution in [2.75, 3.05) is 22.1 Å². The van der Waals surface area contributed by atoms with Crippen LogP contribution in [0.3, 0.4) is 0 Å². The Labute approximate surface area is 150 Å². The Kier molecular flexibility index (Phi) is 4.97. The van der Waals surface area contributed by atoms with Crippen LogP contribution in [-0.4, -0.2) is 24.3 Å². The van der Waals surface area contributed by atoms with Crippen LogP contribution in [0, 0.1) is 5.82 Å². The highest BCUT2D eigenvalue weighted by Gasteiger charge is 2.21. The summed E-state index contributed by atoms with van der Waals surface area (Å²) in [5.74, 6) is -2.36. The van der Waals surface area contributed by atoms with Crippen molar-refractivity contribution in [1.29, 1.82) is 0 Å². The van der Waals surface area contributed by atoms with Gasteiger partial charge in [0.15, 0.2) is 0 Å². The summed E-state index contributed by atoms with van der Waals surface area (Å²) in [7, 11) is 0. The number of fused-ring (bicyclic) bond motifs is 1. The van der Waals surface area contributed by atoms with Gasteiger partial charge in [-0.15, -0.1) is 0 Å². The van der Waals surface area contributed by atoms with E-state index in [1.54, 1.807) is 17.0 Å². The molecule has 0 atom stereocenters. The highest BCUT2D eigenvalue weighted by Crippen LogP contribution is 2.30. The van der Waals surface area contributed by atoms with Gasteiger partial charge in [0.05, 0.1) is 0 Å². The molecule has 1 aliphatic heterocycles. The van der Waals surface area contributed by atoms with Gasteiger partial charge in [-0.3, -0.25) is 14.4 Å². The second-order valence-electron chi connectivity index (χ2n) is 6.04. The smallest absolute Gasteiger partial charge is 0.314 e. The van der Waals surface area contributed by atoms with Gasteiger partial charge in [-0.25, -0.2) is 4.39 Å². The van der Waals surface area contributed by atoms with Crippen molar-refractivity contribution in [1.82, 2.24) is 0 Å². The maximum atomic E-state index is 13.1. The Morgan fingerprint density at radius 2 is 1.69 bits per heavy atom. The Bertz CT molecular complexity index is 882. The summed E-state index contributed by atoms with van der Waals surface area (Å²) in [6.07, 6.45) is 1.74. The average Bonchev–Trinajstić information content (AvgIpc) is 2.61. The number of nitrogens with one attached hydrogen (secondary N) is 2. The summed E-state index contributed by atoms with van der Waals surface area (Å²) >= 11 is 0. The number of anilines is 3. The molecule has 6 nitrogen and oxygen atoms in total. The molecule has 3 amide bonds. The third kappa shape index (κ3) is 3.88. The molecule has 0 aliphatic carbocycles. The van der Waals surface area contributed by atoms with Crippen LogP contribution in [-0.2, 0) is 20.8 Å². The van der Waals surface area contributed by atoms with Crippen molar-refractivity contribution in [2.45, 2.75) is 19.8 Å². The van der Waals surface area contributed by atoms with Gasteiger partial charge < -0.3 is 15.5 Å². The molecule has 26 heavy (non-hydrogen) atoms.